The maximum atomic E-state index is 13.5. The van der Waals surface area contributed by atoms with E-state index in [1.54, 1.807) is 18.2 Å². The van der Waals surface area contributed by atoms with Crippen LogP contribution in [0.15, 0.2) is 54.6 Å². The van der Waals surface area contributed by atoms with Gasteiger partial charge in [-0.1, -0.05) is 42.5 Å². The lowest BCUT2D eigenvalue weighted by Crippen LogP contribution is -2.41. The van der Waals surface area contributed by atoms with Gasteiger partial charge in [0.15, 0.2) is 11.6 Å². The molecule has 0 bridgehead atoms. The fourth-order valence-electron chi connectivity index (χ4n) is 3.19. The summed E-state index contributed by atoms with van der Waals surface area (Å²) in [5.74, 6) is 0.169. The molecule has 0 atom stereocenters. The van der Waals surface area contributed by atoms with Crippen molar-refractivity contribution in [3.05, 3.63) is 66.0 Å². The van der Waals surface area contributed by atoms with Crippen LogP contribution in [0.5, 0.6) is 5.75 Å². The number of halogens is 1. The molecule has 0 unspecified atom stereocenters. The number of likely N-dealkylation sites (tertiary alicyclic amines) is 1. The molecule has 0 aliphatic carbocycles. The number of benzene rings is 2. The minimum atomic E-state index is -0.332. The van der Waals surface area contributed by atoms with Gasteiger partial charge in [0, 0.05) is 19.0 Å². The van der Waals surface area contributed by atoms with Crippen molar-refractivity contribution in [2.75, 3.05) is 26.2 Å². The average Bonchev–Trinajstić information content (AvgIpc) is 2.69. The van der Waals surface area contributed by atoms with Crippen LogP contribution in [0, 0.1) is 11.7 Å². The predicted molar refractivity (Wildman–Crippen MR) is 99.3 cm³/mol. The maximum Gasteiger partial charge on any atom is 0.223 e. The monoisotopic (exact) mass is 356 g/mol. The number of amides is 1. The second kappa shape index (κ2) is 9.34. The zero-order valence-electron chi connectivity index (χ0n) is 14.9. The standard InChI is InChI=1S/C21H25FN2O2/c22-19-8-4-5-9-20(19)26-15-14-24-12-10-18(11-13-24)21(25)23-16-17-6-2-1-3-7-17/h1-9,18H,10-16H2,(H,23,25). The number of carbonyl (C=O) groups excluding carboxylic acids is 1. The molecule has 1 N–H and O–H groups in total. The van der Waals surface area contributed by atoms with E-state index in [0.29, 0.717) is 18.9 Å². The lowest BCUT2D eigenvalue weighted by Gasteiger charge is -2.31. The fourth-order valence-corrected chi connectivity index (χ4v) is 3.19. The first-order valence-corrected chi connectivity index (χ1v) is 9.13. The Morgan fingerprint density at radius 1 is 1.08 bits per heavy atom. The highest BCUT2D eigenvalue weighted by atomic mass is 19.1. The Labute approximate surface area is 154 Å². The molecular weight excluding hydrogens is 331 g/mol. The van der Waals surface area contributed by atoms with Crippen LogP contribution in [-0.4, -0.2) is 37.0 Å². The quantitative estimate of drug-likeness (QED) is 0.828. The lowest BCUT2D eigenvalue weighted by molar-refractivity contribution is -0.126. The Hall–Kier alpha value is -2.40. The molecule has 1 amide bonds. The van der Waals surface area contributed by atoms with E-state index in [1.807, 2.05) is 30.3 Å². The second-order valence-corrected chi connectivity index (χ2v) is 6.60. The van der Waals surface area contributed by atoms with Crippen LogP contribution in [0.3, 0.4) is 0 Å². The summed E-state index contributed by atoms with van der Waals surface area (Å²) in [5.41, 5.74) is 1.11. The van der Waals surface area contributed by atoms with Crippen LogP contribution in [0.2, 0.25) is 0 Å². The smallest absolute Gasteiger partial charge is 0.223 e. The van der Waals surface area contributed by atoms with E-state index in [-0.39, 0.29) is 17.6 Å². The van der Waals surface area contributed by atoms with Gasteiger partial charge in [0.1, 0.15) is 6.61 Å². The molecule has 0 spiro atoms. The van der Waals surface area contributed by atoms with Crippen molar-refractivity contribution in [1.29, 1.82) is 0 Å². The number of piperidine rings is 1. The summed E-state index contributed by atoms with van der Waals surface area (Å²) in [6.45, 7) is 3.50. The minimum absolute atomic E-state index is 0.0717. The topological polar surface area (TPSA) is 41.6 Å². The van der Waals surface area contributed by atoms with Gasteiger partial charge < -0.3 is 10.1 Å². The minimum Gasteiger partial charge on any atom is -0.489 e. The van der Waals surface area contributed by atoms with Crippen LogP contribution < -0.4 is 10.1 Å². The summed E-state index contributed by atoms with van der Waals surface area (Å²) >= 11 is 0. The van der Waals surface area contributed by atoms with E-state index in [2.05, 4.69) is 10.2 Å². The number of ether oxygens (including phenoxy) is 1. The predicted octanol–water partition coefficient (Wildman–Crippen LogP) is 3.23. The van der Waals surface area contributed by atoms with Gasteiger partial charge in [-0.3, -0.25) is 9.69 Å². The Balaban J connectivity index is 1.34. The molecule has 2 aromatic rings. The third-order valence-corrected chi connectivity index (χ3v) is 4.77. The normalized spacial score (nSPS) is 15.6. The summed E-state index contributed by atoms with van der Waals surface area (Å²) in [5, 5.41) is 3.03. The molecule has 0 saturated carbocycles. The summed E-state index contributed by atoms with van der Waals surface area (Å²) < 4.78 is 19.0. The molecule has 0 aromatic heterocycles. The van der Waals surface area contributed by atoms with Crippen molar-refractivity contribution in [1.82, 2.24) is 10.2 Å². The number of hydrogen-bond donors (Lipinski definition) is 1. The van der Waals surface area contributed by atoms with Gasteiger partial charge in [0.25, 0.3) is 0 Å². The van der Waals surface area contributed by atoms with Gasteiger partial charge in [-0.2, -0.15) is 0 Å². The lowest BCUT2D eigenvalue weighted by atomic mass is 9.96. The molecule has 26 heavy (non-hydrogen) atoms. The molecule has 1 fully saturated rings. The number of hydrogen-bond acceptors (Lipinski definition) is 3. The van der Waals surface area contributed by atoms with Crippen molar-refractivity contribution >= 4 is 5.91 Å². The maximum absolute atomic E-state index is 13.5. The van der Waals surface area contributed by atoms with Crippen molar-refractivity contribution in [3.8, 4) is 5.75 Å². The summed E-state index contributed by atoms with van der Waals surface area (Å²) in [6, 6.07) is 16.4. The Bertz CT molecular complexity index is 700. The fraction of sp³-hybridized carbons (Fsp3) is 0.381. The van der Waals surface area contributed by atoms with Gasteiger partial charge in [0.2, 0.25) is 5.91 Å². The van der Waals surface area contributed by atoms with Crippen LogP contribution in [-0.2, 0) is 11.3 Å². The number of rotatable bonds is 7. The zero-order valence-corrected chi connectivity index (χ0v) is 14.9. The van der Waals surface area contributed by atoms with Gasteiger partial charge in [-0.05, 0) is 43.6 Å². The molecule has 4 nitrogen and oxygen atoms in total. The zero-order chi connectivity index (χ0) is 18.2. The SMILES string of the molecule is O=C(NCc1ccccc1)C1CCN(CCOc2ccccc2F)CC1. The van der Waals surface area contributed by atoms with Crippen molar-refractivity contribution in [2.24, 2.45) is 5.92 Å². The number of para-hydroxylation sites is 1. The van der Waals surface area contributed by atoms with E-state index in [1.165, 1.54) is 6.07 Å². The van der Waals surface area contributed by atoms with Gasteiger partial charge in [0.05, 0.1) is 0 Å². The Kier molecular flexibility index (Phi) is 6.61. The van der Waals surface area contributed by atoms with Gasteiger partial charge >= 0.3 is 0 Å². The molecule has 3 rings (SSSR count). The van der Waals surface area contributed by atoms with Crippen LogP contribution >= 0.6 is 0 Å². The summed E-state index contributed by atoms with van der Waals surface area (Å²) in [4.78, 5) is 14.6. The first kappa shape index (κ1) is 18.4. The first-order valence-electron chi connectivity index (χ1n) is 9.13. The molecule has 2 aromatic carbocycles. The third-order valence-electron chi connectivity index (χ3n) is 4.77. The number of nitrogens with one attached hydrogen (secondary N) is 1. The molecule has 1 aliphatic rings. The van der Waals surface area contributed by atoms with Crippen molar-refractivity contribution in [3.63, 3.8) is 0 Å². The van der Waals surface area contributed by atoms with E-state index in [4.69, 9.17) is 4.74 Å². The van der Waals surface area contributed by atoms with Gasteiger partial charge in [-0.25, -0.2) is 4.39 Å². The van der Waals surface area contributed by atoms with Crippen LogP contribution in [0.1, 0.15) is 18.4 Å². The third kappa shape index (κ3) is 5.30. The van der Waals surface area contributed by atoms with Crippen LogP contribution in [0.25, 0.3) is 0 Å². The molecule has 138 valence electrons. The highest BCUT2D eigenvalue weighted by Crippen LogP contribution is 2.18. The largest absolute Gasteiger partial charge is 0.489 e. The molecule has 1 saturated heterocycles. The Morgan fingerprint density at radius 3 is 2.50 bits per heavy atom. The molecule has 1 heterocycles. The van der Waals surface area contributed by atoms with Crippen LogP contribution in [0.4, 0.5) is 4.39 Å². The number of nitrogens with zero attached hydrogens (tertiary/aromatic N) is 1. The first-order chi connectivity index (χ1) is 12.7. The summed E-state index contributed by atoms with van der Waals surface area (Å²) in [7, 11) is 0. The molecule has 1 aliphatic heterocycles. The molecule has 0 radical (unpaired) electrons. The molecular formula is C21H25FN2O2. The van der Waals surface area contributed by atoms with Gasteiger partial charge in [-0.15, -0.1) is 0 Å². The van der Waals surface area contributed by atoms with Crippen molar-refractivity contribution < 1.29 is 13.9 Å². The van der Waals surface area contributed by atoms with E-state index in [9.17, 15) is 9.18 Å². The second-order valence-electron chi connectivity index (χ2n) is 6.60. The average molecular weight is 356 g/mol. The van der Waals surface area contributed by atoms with Crippen molar-refractivity contribution in [2.45, 2.75) is 19.4 Å². The Morgan fingerprint density at radius 2 is 1.77 bits per heavy atom. The van der Waals surface area contributed by atoms with E-state index in [0.717, 1.165) is 38.0 Å². The highest BCUT2D eigenvalue weighted by Gasteiger charge is 2.24. The number of carbonyl (C=O) groups is 1. The molecule has 5 heteroatoms. The summed E-state index contributed by atoms with van der Waals surface area (Å²) in [6.07, 6.45) is 1.70. The van der Waals surface area contributed by atoms with E-state index >= 15 is 0 Å². The van der Waals surface area contributed by atoms with E-state index < -0.39 is 0 Å². The highest BCUT2D eigenvalue weighted by molar-refractivity contribution is 5.78.